The van der Waals surface area contributed by atoms with Crippen molar-refractivity contribution < 1.29 is 9.63 Å². The molecular weight excluding hydrogens is 204 g/mol. The summed E-state index contributed by atoms with van der Waals surface area (Å²) >= 11 is 0. The van der Waals surface area contributed by atoms with Crippen molar-refractivity contribution in [1.82, 2.24) is 9.96 Å². The van der Waals surface area contributed by atoms with Crippen LogP contribution in [-0.2, 0) is 9.63 Å². The minimum atomic E-state index is -0.149. The Hall–Kier alpha value is -0.320. The van der Waals surface area contributed by atoms with E-state index in [0.29, 0.717) is 12.3 Å². The maximum atomic E-state index is 11.4. The van der Waals surface area contributed by atoms with Gasteiger partial charge in [0.1, 0.15) is 5.60 Å². The summed E-state index contributed by atoms with van der Waals surface area (Å²) in [4.78, 5) is 19.5. The lowest BCUT2D eigenvalue weighted by Crippen LogP contribution is -2.42. The quantitative estimate of drug-likeness (QED) is 0.586. The normalized spacial score (nSPS) is 44.9. The van der Waals surface area contributed by atoms with Crippen molar-refractivity contribution in [2.75, 3.05) is 26.7 Å². The van der Waals surface area contributed by atoms with Crippen LogP contribution in [0, 0.1) is 5.92 Å². The van der Waals surface area contributed by atoms with Crippen LogP contribution in [0.2, 0.25) is 0 Å². The maximum absolute atomic E-state index is 11.4. The highest BCUT2D eigenvalue weighted by atomic mass is 35.5. The van der Waals surface area contributed by atoms with Crippen LogP contribution >= 0.6 is 12.4 Å². The Morgan fingerprint density at radius 3 is 2.79 bits per heavy atom. The lowest BCUT2D eigenvalue weighted by molar-refractivity contribution is -0.197. The van der Waals surface area contributed by atoms with Crippen LogP contribution in [0.15, 0.2) is 0 Å². The minimum Gasteiger partial charge on any atom is -0.300 e. The van der Waals surface area contributed by atoms with Gasteiger partial charge in [0, 0.05) is 26.1 Å². The molecule has 0 aromatic heterocycles. The molecule has 80 valence electrons. The van der Waals surface area contributed by atoms with Crippen molar-refractivity contribution in [1.29, 1.82) is 0 Å². The second-order valence-electron chi connectivity index (χ2n) is 4.44. The van der Waals surface area contributed by atoms with Crippen LogP contribution < -0.4 is 0 Å². The smallest absolute Gasteiger partial charge is 0.248 e. The average Bonchev–Trinajstić information content (AvgIpc) is 2.68. The van der Waals surface area contributed by atoms with Gasteiger partial charge in [-0.05, 0) is 13.0 Å². The fraction of sp³-hybridized carbons (Fsp3) is 0.889. The Morgan fingerprint density at radius 1 is 1.57 bits per heavy atom. The van der Waals surface area contributed by atoms with E-state index in [2.05, 4.69) is 4.90 Å². The number of hydroxylamine groups is 2. The molecule has 1 spiro atoms. The zero-order valence-electron chi connectivity index (χ0n) is 8.23. The van der Waals surface area contributed by atoms with Crippen LogP contribution in [0.5, 0.6) is 0 Å². The first kappa shape index (κ1) is 10.2. The van der Waals surface area contributed by atoms with Gasteiger partial charge in [-0.3, -0.25) is 14.5 Å². The zero-order valence-corrected chi connectivity index (χ0v) is 9.05. The van der Waals surface area contributed by atoms with E-state index < -0.39 is 0 Å². The third-order valence-electron chi connectivity index (χ3n) is 3.63. The summed E-state index contributed by atoms with van der Waals surface area (Å²) in [6.45, 7) is 3.27. The number of amides is 1. The summed E-state index contributed by atoms with van der Waals surface area (Å²) in [5.41, 5.74) is -0.149. The molecule has 3 saturated heterocycles. The minimum absolute atomic E-state index is 0. The number of nitrogens with zero attached hydrogens (tertiary/aromatic N) is 2. The first-order chi connectivity index (χ1) is 6.20. The third kappa shape index (κ3) is 1.17. The van der Waals surface area contributed by atoms with Gasteiger partial charge < -0.3 is 0 Å². The van der Waals surface area contributed by atoms with Crippen LogP contribution in [0.25, 0.3) is 0 Å². The highest BCUT2D eigenvalue weighted by Crippen LogP contribution is 2.44. The first-order valence-electron chi connectivity index (χ1n) is 4.88. The molecule has 3 unspecified atom stereocenters. The molecular formula is C9H15ClN2O2. The van der Waals surface area contributed by atoms with Gasteiger partial charge in [-0.15, -0.1) is 12.4 Å². The van der Waals surface area contributed by atoms with Crippen molar-refractivity contribution in [3.63, 3.8) is 0 Å². The molecule has 0 aromatic carbocycles. The highest BCUT2D eigenvalue weighted by Gasteiger charge is 2.57. The molecule has 4 nitrogen and oxygen atoms in total. The molecule has 2 bridgehead atoms. The van der Waals surface area contributed by atoms with Gasteiger partial charge in [0.05, 0.1) is 6.42 Å². The first-order valence-corrected chi connectivity index (χ1v) is 4.88. The molecule has 0 saturated carbocycles. The number of rotatable bonds is 0. The fourth-order valence-corrected chi connectivity index (χ4v) is 2.94. The summed E-state index contributed by atoms with van der Waals surface area (Å²) in [5, 5.41) is 1.42. The predicted molar refractivity (Wildman–Crippen MR) is 53.0 cm³/mol. The number of halogens is 1. The van der Waals surface area contributed by atoms with Crippen LogP contribution in [0.4, 0.5) is 0 Å². The topological polar surface area (TPSA) is 32.8 Å². The van der Waals surface area contributed by atoms with Gasteiger partial charge in [0.2, 0.25) is 5.91 Å². The summed E-state index contributed by atoms with van der Waals surface area (Å²) in [6, 6.07) is 0. The van der Waals surface area contributed by atoms with Crippen molar-refractivity contribution in [3.05, 3.63) is 0 Å². The number of carbonyl (C=O) groups is 1. The van der Waals surface area contributed by atoms with Gasteiger partial charge in [-0.1, -0.05) is 0 Å². The molecule has 1 amide bonds. The Balaban J connectivity index is 0.000000750. The molecule has 0 aromatic rings. The fourth-order valence-electron chi connectivity index (χ4n) is 2.94. The Bertz CT molecular complexity index is 274. The van der Waals surface area contributed by atoms with Gasteiger partial charge in [0.15, 0.2) is 0 Å². The van der Waals surface area contributed by atoms with Crippen LogP contribution in [0.1, 0.15) is 12.8 Å². The zero-order chi connectivity index (χ0) is 9.05. The Labute approximate surface area is 89.5 Å². The second-order valence-corrected chi connectivity index (χ2v) is 4.44. The average molecular weight is 219 g/mol. The van der Waals surface area contributed by atoms with E-state index in [1.54, 1.807) is 7.05 Å². The molecule has 3 rings (SSSR count). The number of carbonyl (C=O) groups excluding carboxylic acids is 1. The van der Waals surface area contributed by atoms with Crippen molar-refractivity contribution in [3.8, 4) is 0 Å². The van der Waals surface area contributed by atoms with Gasteiger partial charge in [0.25, 0.3) is 0 Å². The van der Waals surface area contributed by atoms with Crippen molar-refractivity contribution in [2.45, 2.75) is 18.4 Å². The van der Waals surface area contributed by atoms with E-state index in [9.17, 15) is 4.79 Å². The van der Waals surface area contributed by atoms with E-state index in [-0.39, 0.29) is 23.9 Å². The van der Waals surface area contributed by atoms with Crippen molar-refractivity contribution in [2.24, 2.45) is 5.92 Å². The lowest BCUT2D eigenvalue weighted by Gasteiger charge is -2.31. The molecule has 0 radical (unpaired) electrons. The molecule has 5 heteroatoms. The predicted octanol–water partition coefficient (Wildman–Crippen LogP) is 0.276. The molecule has 3 atom stereocenters. The maximum Gasteiger partial charge on any atom is 0.248 e. The van der Waals surface area contributed by atoms with Crippen LogP contribution in [-0.4, -0.2) is 48.2 Å². The van der Waals surface area contributed by atoms with E-state index in [1.807, 2.05) is 0 Å². The van der Waals surface area contributed by atoms with Gasteiger partial charge in [-0.2, -0.15) is 0 Å². The lowest BCUT2D eigenvalue weighted by atomic mass is 9.85. The number of hydrogen-bond acceptors (Lipinski definition) is 3. The van der Waals surface area contributed by atoms with Gasteiger partial charge in [-0.25, -0.2) is 5.06 Å². The third-order valence-corrected chi connectivity index (χ3v) is 3.63. The van der Waals surface area contributed by atoms with E-state index >= 15 is 0 Å². The number of hydrogen-bond donors (Lipinski definition) is 0. The molecule has 14 heavy (non-hydrogen) atoms. The molecule has 3 fully saturated rings. The molecule has 0 N–H and O–H groups in total. The van der Waals surface area contributed by atoms with E-state index in [1.165, 1.54) is 18.0 Å². The SMILES string of the molecule is CN1OC2(CC1=O)CN1CCC2C1.Cl. The number of piperidine rings is 1. The monoisotopic (exact) mass is 218 g/mol. The van der Waals surface area contributed by atoms with Gasteiger partial charge >= 0.3 is 0 Å². The molecule has 0 aliphatic carbocycles. The highest BCUT2D eigenvalue weighted by molar-refractivity contribution is 5.85. The largest absolute Gasteiger partial charge is 0.300 e. The van der Waals surface area contributed by atoms with E-state index in [4.69, 9.17) is 4.84 Å². The second kappa shape index (κ2) is 3.08. The Kier molecular flexibility index (Phi) is 2.25. The number of fused-ring (bicyclic) bond motifs is 3. The molecule has 3 heterocycles. The summed E-state index contributed by atoms with van der Waals surface area (Å²) in [7, 11) is 1.72. The summed E-state index contributed by atoms with van der Waals surface area (Å²) in [5.74, 6) is 0.718. The Morgan fingerprint density at radius 2 is 2.36 bits per heavy atom. The molecule has 3 aliphatic rings. The van der Waals surface area contributed by atoms with Crippen molar-refractivity contribution >= 4 is 18.3 Å². The summed E-state index contributed by atoms with van der Waals surface area (Å²) in [6.07, 6.45) is 1.78. The molecule has 3 aliphatic heterocycles. The summed E-state index contributed by atoms with van der Waals surface area (Å²) < 4.78 is 0. The van der Waals surface area contributed by atoms with E-state index in [0.717, 1.165) is 13.1 Å². The standard InChI is InChI=1S/C9H14N2O2.ClH/c1-10-8(12)4-9(13-10)6-11-3-2-7(9)5-11;/h7H,2-6H2,1H3;1H. The van der Waals surface area contributed by atoms with Crippen LogP contribution in [0.3, 0.4) is 0 Å².